The summed E-state index contributed by atoms with van der Waals surface area (Å²) in [4.78, 5) is 5.34. The molecule has 0 aromatic carbocycles. The lowest BCUT2D eigenvalue weighted by Gasteiger charge is -2.23. The van der Waals surface area contributed by atoms with Crippen LogP contribution in [0.2, 0.25) is 0 Å². The maximum atomic E-state index is 5.81. The van der Waals surface area contributed by atoms with Gasteiger partial charge in [-0.1, -0.05) is 13.8 Å². The van der Waals surface area contributed by atoms with Gasteiger partial charge in [-0.05, 0) is 30.9 Å². The lowest BCUT2D eigenvalue weighted by atomic mass is 10.2. The van der Waals surface area contributed by atoms with Gasteiger partial charge in [0.05, 0.1) is 12.3 Å². The molecule has 0 N–H and O–H groups in total. The molecule has 1 fully saturated rings. The molecule has 0 bridgehead atoms. The highest BCUT2D eigenvalue weighted by Gasteiger charge is 2.20. The number of rotatable bonds is 7. The van der Waals surface area contributed by atoms with Crippen LogP contribution in [0.4, 0.5) is 0 Å². The van der Waals surface area contributed by atoms with E-state index in [-0.39, 0.29) is 0 Å². The molecule has 1 atom stereocenters. The molecule has 0 radical (unpaired) electrons. The second kappa shape index (κ2) is 7.60. The Morgan fingerprint density at radius 1 is 1.39 bits per heavy atom. The van der Waals surface area contributed by atoms with E-state index in [2.05, 4.69) is 42.2 Å². The maximum Gasteiger partial charge on any atom is 0.0917 e. The zero-order chi connectivity index (χ0) is 16.2. The minimum atomic E-state index is 0.339. The van der Waals surface area contributed by atoms with Crippen LogP contribution in [-0.4, -0.2) is 27.8 Å². The van der Waals surface area contributed by atoms with Crippen LogP contribution < -0.4 is 0 Å². The smallest absolute Gasteiger partial charge is 0.0917 e. The Morgan fingerprint density at radius 2 is 2.26 bits per heavy atom. The molecule has 4 nitrogen and oxygen atoms in total. The van der Waals surface area contributed by atoms with E-state index in [1.165, 1.54) is 28.2 Å². The summed E-state index contributed by atoms with van der Waals surface area (Å²) in [6, 6.07) is 4.53. The molecule has 5 heteroatoms. The number of hydrogen-bond acceptors (Lipinski definition) is 4. The molecular weight excluding hydrogens is 306 g/mol. The van der Waals surface area contributed by atoms with Gasteiger partial charge in [-0.15, -0.1) is 11.3 Å². The standard InChI is InChI=1S/C18H27N3OS/c1-14(2)10-21(12-15-9-19-20(3)11-15)13-16-6-7-18(23-16)17-5-4-8-22-17/h6-7,9,11,14,17H,4-5,8,10,12-13H2,1-3H3/t17-/m1/s1. The van der Waals surface area contributed by atoms with Crippen LogP contribution in [0.25, 0.3) is 0 Å². The number of nitrogens with zero attached hydrogens (tertiary/aromatic N) is 3. The van der Waals surface area contributed by atoms with Crippen molar-refractivity contribution in [2.75, 3.05) is 13.2 Å². The fourth-order valence-electron chi connectivity index (χ4n) is 3.19. The lowest BCUT2D eigenvalue weighted by molar-refractivity contribution is 0.114. The van der Waals surface area contributed by atoms with Crippen molar-refractivity contribution in [2.24, 2.45) is 13.0 Å². The molecule has 0 spiro atoms. The third-order valence-corrected chi connectivity index (χ3v) is 5.26. The van der Waals surface area contributed by atoms with E-state index in [0.29, 0.717) is 12.0 Å². The van der Waals surface area contributed by atoms with Gasteiger partial charge in [0.2, 0.25) is 0 Å². The molecular formula is C18H27N3OS. The molecule has 0 aliphatic carbocycles. The Balaban J connectivity index is 1.65. The number of thiophene rings is 1. The first kappa shape index (κ1) is 16.7. The van der Waals surface area contributed by atoms with E-state index < -0.39 is 0 Å². The molecule has 2 aromatic rings. The highest BCUT2D eigenvalue weighted by molar-refractivity contribution is 7.12. The number of aryl methyl sites for hydroxylation is 1. The molecule has 3 heterocycles. The second-order valence-electron chi connectivity index (χ2n) is 6.89. The molecule has 0 unspecified atom stereocenters. The summed E-state index contributed by atoms with van der Waals surface area (Å²) in [5.41, 5.74) is 1.28. The van der Waals surface area contributed by atoms with Gasteiger partial charge in [-0.25, -0.2) is 0 Å². The van der Waals surface area contributed by atoms with E-state index in [1.54, 1.807) is 0 Å². The van der Waals surface area contributed by atoms with Crippen LogP contribution in [0.3, 0.4) is 0 Å². The van der Waals surface area contributed by atoms with Crippen LogP contribution in [0, 0.1) is 5.92 Å². The van der Waals surface area contributed by atoms with E-state index in [9.17, 15) is 0 Å². The van der Waals surface area contributed by atoms with Gasteiger partial charge in [0, 0.05) is 54.8 Å². The topological polar surface area (TPSA) is 30.3 Å². The Hall–Kier alpha value is -1.17. The van der Waals surface area contributed by atoms with Crippen LogP contribution in [0.5, 0.6) is 0 Å². The minimum Gasteiger partial charge on any atom is -0.373 e. The minimum absolute atomic E-state index is 0.339. The van der Waals surface area contributed by atoms with Crippen LogP contribution >= 0.6 is 11.3 Å². The highest BCUT2D eigenvalue weighted by Crippen LogP contribution is 2.33. The molecule has 0 amide bonds. The summed E-state index contributed by atoms with van der Waals surface area (Å²) in [7, 11) is 1.98. The van der Waals surface area contributed by atoms with Gasteiger partial charge in [-0.2, -0.15) is 5.10 Å². The number of aromatic nitrogens is 2. The van der Waals surface area contributed by atoms with E-state index in [4.69, 9.17) is 4.74 Å². The van der Waals surface area contributed by atoms with Crippen molar-refractivity contribution in [3.8, 4) is 0 Å². The number of ether oxygens (including phenoxy) is 1. The van der Waals surface area contributed by atoms with Crippen LogP contribution in [0.1, 0.15) is 48.1 Å². The quantitative estimate of drug-likeness (QED) is 0.767. The van der Waals surface area contributed by atoms with Crippen molar-refractivity contribution >= 4 is 11.3 Å². The zero-order valence-corrected chi connectivity index (χ0v) is 15.2. The van der Waals surface area contributed by atoms with Crippen molar-refractivity contribution in [1.82, 2.24) is 14.7 Å². The third kappa shape index (κ3) is 4.66. The molecule has 3 rings (SSSR count). The number of hydrogen-bond donors (Lipinski definition) is 0. The monoisotopic (exact) mass is 333 g/mol. The van der Waals surface area contributed by atoms with Gasteiger partial charge in [0.15, 0.2) is 0 Å². The summed E-state index contributed by atoms with van der Waals surface area (Å²) in [6.45, 7) is 8.54. The molecule has 2 aromatic heterocycles. The van der Waals surface area contributed by atoms with Gasteiger partial charge < -0.3 is 4.74 Å². The molecule has 1 aliphatic rings. The van der Waals surface area contributed by atoms with E-state index in [1.807, 2.05) is 29.3 Å². The SMILES string of the molecule is CC(C)CN(Cc1cnn(C)c1)Cc1ccc([C@H]2CCCO2)s1. The molecule has 1 aliphatic heterocycles. The first-order valence-corrected chi connectivity index (χ1v) is 9.32. The Bertz CT molecular complexity index is 613. The first-order valence-electron chi connectivity index (χ1n) is 8.50. The molecule has 23 heavy (non-hydrogen) atoms. The highest BCUT2D eigenvalue weighted by atomic mass is 32.1. The average molecular weight is 334 g/mol. The summed E-state index contributed by atoms with van der Waals surface area (Å²) in [6.07, 6.45) is 6.79. The second-order valence-corrected chi connectivity index (χ2v) is 8.09. The average Bonchev–Trinajstić information content (AvgIpc) is 3.19. The van der Waals surface area contributed by atoms with Crippen LogP contribution in [0.15, 0.2) is 24.5 Å². The van der Waals surface area contributed by atoms with Gasteiger partial charge in [0.25, 0.3) is 0 Å². The zero-order valence-electron chi connectivity index (χ0n) is 14.4. The van der Waals surface area contributed by atoms with Crippen molar-refractivity contribution in [2.45, 2.75) is 45.9 Å². The van der Waals surface area contributed by atoms with Crippen LogP contribution in [-0.2, 0) is 24.9 Å². The van der Waals surface area contributed by atoms with Crippen molar-refractivity contribution in [3.05, 3.63) is 39.8 Å². The summed E-state index contributed by atoms with van der Waals surface area (Å²) < 4.78 is 7.68. The summed E-state index contributed by atoms with van der Waals surface area (Å²) in [5.74, 6) is 0.657. The van der Waals surface area contributed by atoms with Gasteiger partial charge >= 0.3 is 0 Å². The first-order chi connectivity index (χ1) is 11.1. The Kier molecular flexibility index (Phi) is 5.51. The van der Waals surface area contributed by atoms with Crippen molar-refractivity contribution in [3.63, 3.8) is 0 Å². The summed E-state index contributed by atoms with van der Waals surface area (Å²) >= 11 is 1.91. The largest absolute Gasteiger partial charge is 0.373 e. The normalized spacial score (nSPS) is 18.4. The fraction of sp³-hybridized carbons (Fsp3) is 0.611. The lowest BCUT2D eigenvalue weighted by Crippen LogP contribution is -2.26. The van der Waals surface area contributed by atoms with E-state index >= 15 is 0 Å². The predicted molar refractivity (Wildman–Crippen MR) is 94.4 cm³/mol. The molecule has 0 saturated carbocycles. The van der Waals surface area contributed by atoms with E-state index in [0.717, 1.165) is 26.2 Å². The van der Waals surface area contributed by atoms with Crippen molar-refractivity contribution < 1.29 is 4.74 Å². The third-order valence-electron chi connectivity index (χ3n) is 4.10. The van der Waals surface area contributed by atoms with Gasteiger partial charge in [-0.3, -0.25) is 9.58 Å². The fourth-order valence-corrected chi connectivity index (χ4v) is 4.33. The van der Waals surface area contributed by atoms with Crippen molar-refractivity contribution in [1.29, 1.82) is 0 Å². The predicted octanol–water partition coefficient (Wildman–Crippen LogP) is 3.99. The maximum absolute atomic E-state index is 5.81. The summed E-state index contributed by atoms with van der Waals surface area (Å²) in [5, 5.41) is 4.29. The molecule has 1 saturated heterocycles. The van der Waals surface area contributed by atoms with Gasteiger partial charge in [0.1, 0.15) is 0 Å². The Labute approximate surface area is 143 Å². The Morgan fingerprint density at radius 3 is 2.91 bits per heavy atom. The molecule has 126 valence electrons.